The van der Waals surface area contributed by atoms with Crippen LogP contribution in [0.15, 0.2) is 85.3 Å². The molecule has 11 heteroatoms. The van der Waals surface area contributed by atoms with Gasteiger partial charge in [0.15, 0.2) is 0 Å². The molecule has 4 aromatic rings. The first kappa shape index (κ1) is 25.7. The fourth-order valence-electron chi connectivity index (χ4n) is 3.68. The van der Waals surface area contributed by atoms with Gasteiger partial charge in [0.25, 0.3) is 0 Å². The molecule has 0 aliphatic carbocycles. The lowest BCUT2D eigenvalue weighted by Crippen LogP contribution is -2.36. The minimum Gasteiger partial charge on any atom is -0.475 e. The zero-order valence-corrected chi connectivity index (χ0v) is 19.6. The molecule has 0 bridgehead atoms. The van der Waals surface area contributed by atoms with E-state index in [1.54, 1.807) is 0 Å². The Labute approximate surface area is 211 Å². The minimum absolute atomic E-state index is 0.788. The lowest BCUT2D eigenvalue weighted by atomic mass is 10.2. The van der Waals surface area contributed by atoms with Crippen molar-refractivity contribution in [2.45, 2.75) is 6.18 Å². The number of carbonyl (C=O) groups is 1. The molecule has 0 unspecified atom stereocenters. The number of halogens is 3. The molecule has 0 amide bonds. The lowest BCUT2D eigenvalue weighted by Gasteiger charge is -2.28. The van der Waals surface area contributed by atoms with Crippen LogP contribution in [0.25, 0.3) is 17.1 Å². The van der Waals surface area contributed by atoms with Crippen molar-refractivity contribution in [1.82, 2.24) is 14.5 Å². The van der Waals surface area contributed by atoms with Crippen LogP contribution in [0.3, 0.4) is 0 Å². The molecule has 1 fully saturated rings. The molecule has 0 radical (unpaired) electrons. The number of morpholine rings is 1. The molecular formula is C26H24F3N5O3. The van der Waals surface area contributed by atoms with Crippen LogP contribution < -0.4 is 10.2 Å². The summed E-state index contributed by atoms with van der Waals surface area (Å²) < 4.78 is 39.2. The number of benzene rings is 2. The summed E-state index contributed by atoms with van der Waals surface area (Å²) in [4.78, 5) is 20.3. The summed E-state index contributed by atoms with van der Waals surface area (Å²) in [7, 11) is 0. The summed E-state index contributed by atoms with van der Waals surface area (Å²) in [5.41, 5.74) is 4.31. The van der Waals surface area contributed by atoms with E-state index in [9.17, 15) is 13.2 Å². The average molecular weight is 512 g/mol. The van der Waals surface area contributed by atoms with Crippen LogP contribution in [0.4, 0.5) is 30.4 Å². The van der Waals surface area contributed by atoms with E-state index in [0.717, 1.165) is 54.9 Å². The number of nitrogens with zero attached hydrogens (tertiary/aromatic N) is 4. The molecule has 8 nitrogen and oxygen atoms in total. The highest BCUT2D eigenvalue weighted by atomic mass is 19.4. The maximum absolute atomic E-state index is 10.6. The summed E-state index contributed by atoms with van der Waals surface area (Å²) in [5, 5.41) is 10.5. The van der Waals surface area contributed by atoms with Gasteiger partial charge in [-0.1, -0.05) is 30.3 Å². The Bertz CT molecular complexity index is 1310. The number of nitrogens with one attached hydrogen (secondary N) is 1. The summed E-state index contributed by atoms with van der Waals surface area (Å²) >= 11 is 0. The van der Waals surface area contributed by atoms with Gasteiger partial charge in [-0.25, -0.2) is 14.8 Å². The van der Waals surface area contributed by atoms with E-state index in [1.807, 2.05) is 48.9 Å². The maximum Gasteiger partial charge on any atom is 0.490 e. The predicted molar refractivity (Wildman–Crippen MR) is 133 cm³/mol. The monoisotopic (exact) mass is 511 g/mol. The van der Waals surface area contributed by atoms with E-state index < -0.39 is 12.1 Å². The molecular weight excluding hydrogens is 487 g/mol. The second kappa shape index (κ2) is 11.6. The number of alkyl halides is 3. The third-order valence-electron chi connectivity index (χ3n) is 5.45. The number of pyridine rings is 1. The second-order valence-electron chi connectivity index (χ2n) is 7.96. The highest BCUT2D eigenvalue weighted by molar-refractivity contribution is 5.73. The van der Waals surface area contributed by atoms with Crippen LogP contribution in [-0.2, 0) is 9.53 Å². The highest BCUT2D eigenvalue weighted by Crippen LogP contribution is 2.25. The summed E-state index contributed by atoms with van der Waals surface area (Å²) in [6.07, 6.45) is 0.521. The van der Waals surface area contributed by atoms with Crippen LogP contribution in [0, 0.1) is 0 Å². The molecule has 2 N–H and O–H groups in total. The van der Waals surface area contributed by atoms with Crippen molar-refractivity contribution < 1.29 is 27.8 Å². The van der Waals surface area contributed by atoms with Gasteiger partial charge in [-0.05, 0) is 30.3 Å². The molecule has 0 atom stereocenters. The Morgan fingerprint density at radius 1 is 0.919 bits per heavy atom. The topological polar surface area (TPSA) is 92.5 Å². The smallest absolute Gasteiger partial charge is 0.475 e. The van der Waals surface area contributed by atoms with Gasteiger partial charge >= 0.3 is 12.1 Å². The number of carboxylic acid groups (broad SMARTS) is 1. The number of hydrogen-bond acceptors (Lipinski definition) is 6. The van der Waals surface area contributed by atoms with Crippen LogP contribution in [0.1, 0.15) is 0 Å². The third-order valence-corrected chi connectivity index (χ3v) is 5.45. The van der Waals surface area contributed by atoms with Crippen LogP contribution in [-0.4, -0.2) is 58.1 Å². The summed E-state index contributed by atoms with van der Waals surface area (Å²) in [5.74, 6) is -1.06. The Morgan fingerprint density at radius 2 is 1.59 bits per heavy atom. The number of imidazole rings is 1. The molecule has 3 heterocycles. The van der Waals surface area contributed by atoms with E-state index in [1.165, 1.54) is 5.69 Å². The van der Waals surface area contributed by atoms with Crippen LogP contribution >= 0.6 is 0 Å². The predicted octanol–water partition coefficient (Wildman–Crippen LogP) is 5.15. The Morgan fingerprint density at radius 3 is 2.24 bits per heavy atom. The van der Waals surface area contributed by atoms with Gasteiger partial charge in [-0.3, -0.25) is 4.57 Å². The summed E-state index contributed by atoms with van der Waals surface area (Å²) in [6.45, 7) is 3.45. The fraction of sp³-hybridized carbons (Fsp3) is 0.192. The number of aliphatic carboxylic acids is 1. The van der Waals surface area contributed by atoms with Gasteiger partial charge < -0.3 is 20.1 Å². The Kier molecular flexibility index (Phi) is 8.04. The number of aromatic nitrogens is 3. The molecule has 192 valence electrons. The molecule has 2 aromatic heterocycles. The van der Waals surface area contributed by atoms with Crippen molar-refractivity contribution in [3.63, 3.8) is 0 Å². The SMILES string of the molecule is O=C(O)C(F)(F)F.c1ccc(-c2nccn2-c2ccnc(Nc3ccc(N4CCOCC4)cc3)c2)cc1. The first-order valence-electron chi connectivity index (χ1n) is 11.4. The van der Waals surface area contributed by atoms with Gasteiger partial charge in [-0.15, -0.1) is 0 Å². The molecule has 2 aromatic carbocycles. The largest absolute Gasteiger partial charge is 0.490 e. The Hall–Kier alpha value is -4.38. The zero-order valence-electron chi connectivity index (χ0n) is 19.6. The fourth-order valence-corrected chi connectivity index (χ4v) is 3.68. The third kappa shape index (κ3) is 6.85. The first-order chi connectivity index (χ1) is 17.8. The van der Waals surface area contributed by atoms with Crippen LogP contribution in [0.5, 0.6) is 0 Å². The number of ether oxygens (including phenoxy) is 1. The molecule has 0 saturated carbocycles. The van der Waals surface area contributed by atoms with E-state index in [-0.39, 0.29) is 0 Å². The molecule has 1 aliphatic rings. The Balaban J connectivity index is 0.000000405. The van der Waals surface area contributed by atoms with E-state index in [2.05, 4.69) is 61.1 Å². The lowest BCUT2D eigenvalue weighted by molar-refractivity contribution is -0.192. The van der Waals surface area contributed by atoms with Crippen molar-refractivity contribution in [2.75, 3.05) is 36.5 Å². The van der Waals surface area contributed by atoms with E-state index in [4.69, 9.17) is 14.6 Å². The zero-order chi connectivity index (χ0) is 26.3. The molecule has 0 spiro atoms. The normalized spacial score (nSPS) is 13.4. The van der Waals surface area contributed by atoms with Gasteiger partial charge in [0.05, 0.1) is 18.9 Å². The van der Waals surface area contributed by atoms with Crippen molar-refractivity contribution in [3.8, 4) is 17.1 Å². The molecule has 5 rings (SSSR count). The molecule has 1 saturated heterocycles. The van der Waals surface area contributed by atoms with Gasteiger partial charge in [0.2, 0.25) is 0 Å². The minimum atomic E-state index is -5.08. The highest BCUT2D eigenvalue weighted by Gasteiger charge is 2.38. The number of rotatable bonds is 5. The van der Waals surface area contributed by atoms with Crippen LogP contribution in [0.2, 0.25) is 0 Å². The van der Waals surface area contributed by atoms with Crippen molar-refractivity contribution >= 4 is 23.2 Å². The molecule has 1 aliphatic heterocycles. The van der Waals surface area contributed by atoms with Crippen molar-refractivity contribution in [3.05, 3.63) is 85.3 Å². The number of hydrogen-bond donors (Lipinski definition) is 2. The average Bonchev–Trinajstić information content (AvgIpc) is 3.40. The quantitative estimate of drug-likeness (QED) is 0.383. The van der Waals surface area contributed by atoms with Crippen molar-refractivity contribution in [2.24, 2.45) is 0 Å². The number of carboxylic acids is 1. The maximum atomic E-state index is 10.6. The van der Waals surface area contributed by atoms with E-state index in [0.29, 0.717) is 0 Å². The van der Waals surface area contributed by atoms with Gasteiger partial charge in [0, 0.05) is 54.7 Å². The van der Waals surface area contributed by atoms with Gasteiger partial charge in [-0.2, -0.15) is 13.2 Å². The van der Waals surface area contributed by atoms with E-state index >= 15 is 0 Å². The van der Waals surface area contributed by atoms with Crippen molar-refractivity contribution in [1.29, 1.82) is 0 Å². The summed E-state index contributed by atoms with van der Waals surface area (Å²) in [6, 6.07) is 22.7. The molecule has 37 heavy (non-hydrogen) atoms. The number of anilines is 3. The standard InChI is InChI=1S/C24H23N5O.C2HF3O2/c1-2-4-19(5-3-1)24-26-12-13-29(24)22-10-11-25-23(18-22)27-20-6-8-21(9-7-20)28-14-16-30-17-15-28;3-2(4,5)1(6)7/h1-13,18H,14-17H2,(H,25,27);(H,6,7). The first-order valence-corrected chi connectivity index (χ1v) is 11.4. The second-order valence-corrected chi connectivity index (χ2v) is 7.96. The van der Waals surface area contributed by atoms with Gasteiger partial charge in [0.1, 0.15) is 11.6 Å².